The van der Waals surface area contributed by atoms with Crippen LogP contribution in [0.5, 0.6) is 0 Å². The normalized spacial score (nSPS) is 15.4. The number of rotatable bonds is 10. The fraction of sp³-hybridized carbons (Fsp3) is 1.00. The molecule has 0 radical (unpaired) electrons. The molecule has 0 saturated carbocycles. The van der Waals surface area contributed by atoms with Gasteiger partial charge < -0.3 is 0 Å². The van der Waals surface area contributed by atoms with Crippen molar-refractivity contribution in [3.8, 4) is 0 Å². The molecule has 0 atom stereocenters. The first-order valence-electron chi connectivity index (χ1n) is 10.2. The maximum Gasteiger partial charge on any atom is 0.0679 e. The predicted octanol–water partition coefficient (Wildman–Crippen LogP) is 9.00. The first-order valence-corrected chi connectivity index (χ1v) is 34.1. The smallest absolute Gasteiger partial charge is 0.0679 e. The van der Waals surface area contributed by atoms with E-state index >= 15 is 0 Å². The van der Waals surface area contributed by atoms with Crippen LogP contribution in [0.15, 0.2) is 0 Å². The lowest BCUT2D eigenvalue weighted by atomic mass is 10.9. The molecular formula is C18H50P2Si5. The van der Waals surface area contributed by atoms with Crippen molar-refractivity contribution in [3.63, 3.8) is 0 Å². The highest BCUT2D eigenvalue weighted by molar-refractivity contribution is 8.19. The van der Waals surface area contributed by atoms with Crippen LogP contribution < -0.4 is 0 Å². The van der Waals surface area contributed by atoms with Gasteiger partial charge in [-0.05, 0) is 12.3 Å². The fourth-order valence-corrected chi connectivity index (χ4v) is 78.3. The quantitative estimate of drug-likeness (QED) is 0.221. The van der Waals surface area contributed by atoms with E-state index in [9.17, 15) is 0 Å². The van der Waals surface area contributed by atoms with Crippen molar-refractivity contribution in [3.05, 3.63) is 0 Å². The topological polar surface area (TPSA) is 0 Å². The molecule has 0 aliphatic carbocycles. The van der Waals surface area contributed by atoms with Gasteiger partial charge in [0.05, 0.1) is 31.0 Å². The summed E-state index contributed by atoms with van der Waals surface area (Å²) in [5.41, 5.74) is 0. The van der Waals surface area contributed by atoms with Crippen LogP contribution in [0.1, 0.15) is 0 Å². The first-order chi connectivity index (χ1) is 10.7. The Morgan fingerprint density at radius 3 is 0.760 bits per heavy atom. The summed E-state index contributed by atoms with van der Waals surface area (Å²) in [6, 6.07) is 3.24. The second-order valence-corrected chi connectivity index (χ2v) is 63.2. The fourth-order valence-electron chi connectivity index (χ4n) is 4.31. The molecule has 0 fully saturated rings. The van der Waals surface area contributed by atoms with Crippen molar-refractivity contribution in [2.24, 2.45) is 0 Å². The van der Waals surface area contributed by atoms with Gasteiger partial charge in [-0.25, -0.2) is 0 Å². The Hall–Kier alpha value is 1.94. The lowest BCUT2D eigenvalue weighted by Gasteiger charge is -2.42. The standard InChI is InChI=1S/C18H50P2Si5/c1-21(2,3)19(22(4,5)6)15-17-25(13,14)18-16-20(23(7,8)9)24(10,11)12/h15-18H2,1-14H3. The Kier molecular flexibility index (Phi) is 9.89. The van der Waals surface area contributed by atoms with E-state index in [4.69, 9.17) is 0 Å². The van der Waals surface area contributed by atoms with Crippen molar-refractivity contribution in [2.45, 2.75) is 104 Å². The number of hydrogen-bond acceptors (Lipinski definition) is 0. The molecule has 0 saturated heterocycles. The summed E-state index contributed by atoms with van der Waals surface area (Å²) in [6.07, 6.45) is 3.25. The van der Waals surface area contributed by atoms with E-state index in [1.165, 1.54) is 0 Å². The van der Waals surface area contributed by atoms with Crippen LogP contribution in [0.25, 0.3) is 0 Å². The van der Waals surface area contributed by atoms with Crippen molar-refractivity contribution in [1.29, 1.82) is 0 Å². The molecule has 0 heterocycles. The second-order valence-electron chi connectivity index (χ2n) is 12.7. The minimum Gasteiger partial charge on any atom is -0.130 e. The van der Waals surface area contributed by atoms with Gasteiger partial charge in [0, 0.05) is 8.07 Å². The van der Waals surface area contributed by atoms with E-state index in [-0.39, 0.29) is 0 Å². The van der Waals surface area contributed by atoms with Crippen LogP contribution in [0.4, 0.5) is 0 Å². The van der Waals surface area contributed by atoms with E-state index < -0.39 is 39.0 Å². The summed E-state index contributed by atoms with van der Waals surface area (Å²) in [6.45, 7) is 37.3. The summed E-state index contributed by atoms with van der Waals surface area (Å²) in [5.74, 6) is 0. The van der Waals surface area contributed by atoms with Crippen molar-refractivity contribution in [1.82, 2.24) is 0 Å². The molecule has 0 aliphatic rings. The first kappa shape index (κ1) is 26.9. The molecule has 0 aromatic heterocycles. The van der Waals surface area contributed by atoms with E-state index in [2.05, 4.69) is 91.7 Å². The molecule has 0 aromatic carbocycles. The van der Waals surface area contributed by atoms with Gasteiger partial charge in [-0.3, -0.25) is 0 Å². The zero-order valence-corrected chi connectivity index (χ0v) is 27.0. The molecule has 0 spiro atoms. The van der Waals surface area contributed by atoms with Crippen molar-refractivity contribution >= 4 is 53.1 Å². The average molecular weight is 469 g/mol. The van der Waals surface area contributed by atoms with Gasteiger partial charge in [-0.1, -0.05) is 104 Å². The van der Waals surface area contributed by atoms with Gasteiger partial charge >= 0.3 is 0 Å². The summed E-state index contributed by atoms with van der Waals surface area (Å²) in [5, 5.41) is 0. The summed E-state index contributed by atoms with van der Waals surface area (Å²) in [7, 11) is -4.15. The third kappa shape index (κ3) is 10.3. The molecule has 0 aliphatic heterocycles. The van der Waals surface area contributed by atoms with Crippen LogP contribution in [-0.4, -0.2) is 51.4 Å². The third-order valence-corrected chi connectivity index (χ3v) is 63.4. The molecule has 0 rings (SSSR count). The van der Waals surface area contributed by atoms with Gasteiger partial charge in [-0.2, -0.15) is 0 Å². The molecule has 0 aromatic rings. The van der Waals surface area contributed by atoms with E-state index in [1.54, 1.807) is 24.4 Å². The van der Waals surface area contributed by atoms with Gasteiger partial charge in [0.25, 0.3) is 0 Å². The zero-order chi connectivity index (χ0) is 20.5. The van der Waals surface area contributed by atoms with Crippen LogP contribution in [0, 0.1) is 0 Å². The average Bonchev–Trinajstić information content (AvgIpc) is 2.19. The molecule has 0 unspecified atom stereocenters. The molecule has 0 nitrogen and oxygen atoms in total. The summed E-state index contributed by atoms with van der Waals surface area (Å²) < 4.78 is 0. The minimum absolute atomic E-state index is 0.357. The monoisotopic (exact) mass is 468 g/mol. The van der Waals surface area contributed by atoms with Gasteiger partial charge in [0.15, 0.2) is 0 Å². The summed E-state index contributed by atoms with van der Waals surface area (Å²) in [4.78, 5) is 0. The SMILES string of the molecule is C[Si](C)(CCP([Si](C)(C)C)[Si](C)(C)C)CCP([Si](C)(C)C)[Si](C)(C)C. The maximum absolute atomic E-state index is 2.72. The predicted molar refractivity (Wildman–Crippen MR) is 144 cm³/mol. The highest BCUT2D eigenvalue weighted by atomic mass is 31.6. The van der Waals surface area contributed by atoms with Crippen LogP contribution in [-0.2, 0) is 0 Å². The Morgan fingerprint density at radius 2 is 0.600 bits per heavy atom. The molecule has 0 amide bonds. The highest BCUT2D eigenvalue weighted by Crippen LogP contribution is 2.57. The minimum atomic E-state index is -1.02. The lowest BCUT2D eigenvalue weighted by molar-refractivity contribution is 1.27. The highest BCUT2D eigenvalue weighted by Gasteiger charge is 2.40. The Bertz CT molecular complexity index is 345. The molecular weight excluding hydrogens is 419 g/mol. The van der Waals surface area contributed by atoms with Crippen LogP contribution in [0.3, 0.4) is 0 Å². The van der Waals surface area contributed by atoms with E-state index in [0.717, 1.165) is 0 Å². The summed E-state index contributed by atoms with van der Waals surface area (Å²) >= 11 is 0. The van der Waals surface area contributed by atoms with Crippen LogP contribution in [0.2, 0.25) is 104 Å². The molecule has 7 heteroatoms. The van der Waals surface area contributed by atoms with Crippen LogP contribution >= 0.6 is 14.0 Å². The van der Waals surface area contributed by atoms with Crippen molar-refractivity contribution in [2.75, 3.05) is 12.3 Å². The Labute approximate surface area is 168 Å². The number of hydrogen-bond donors (Lipinski definition) is 0. The second kappa shape index (κ2) is 9.18. The van der Waals surface area contributed by atoms with Gasteiger partial charge in [0.1, 0.15) is 0 Å². The zero-order valence-electron chi connectivity index (χ0n) is 20.2. The largest absolute Gasteiger partial charge is 0.130 e. The Morgan fingerprint density at radius 1 is 0.400 bits per heavy atom. The third-order valence-electron chi connectivity index (χ3n) is 5.26. The maximum atomic E-state index is 2.72. The Balaban J connectivity index is 4.99. The van der Waals surface area contributed by atoms with Crippen molar-refractivity contribution < 1.29 is 0 Å². The molecule has 152 valence electrons. The lowest BCUT2D eigenvalue weighted by Crippen LogP contribution is -2.38. The van der Waals surface area contributed by atoms with Gasteiger partial charge in [0.2, 0.25) is 0 Å². The molecule has 25 heavy (non-hydrogen) atoms. The van der Waals surface area contributed by atoms with E-state index in [0.29, 0.717) is 14.0 Å². The van der Waals surface area contributed by atoms with Gasteiger partial charge in [-0.15, -0.1) is 14.0 Å². The molecule has 0 bridgehead atoms. The van der Waals surface area contributed by atoms with E-state index in [1.807, 2.05) is 0 Å². The molecule has 0 N–H and O–H groups in total.